The number of carbonyl (C=O) groups is 1. The van der Waals surface area contributed by atoms with E-state index in [1.807, 2.05) is 0 Å². The molecule has 0 saturated carbocycles. The van der Waals surface area contributed by atoms with Crippen molar-refractivity contribution in [1.82, 2.24) is 10.1 Å². The van der Waals surface area contributed by atoms with E-state index >= 15 is 0 Å². The first-order chi connectivity index (χ1) is 14.0. The van der Waals surface area contributed by atoms with E-state index in [0.717, 1.165) is 0 Å². The van der Waals surface area contributed by atoms with Crippen LogP contribution in [0.5, 0.6) is 5.88 Å². The van der Waals surface area contributed by atoms with E-state index in [-0.39, 0.29) is 33.8 Å². The molecule has 2 aromatic carbocycles. The lowest BCUT2D eigenvalue weighted by Gasteiger charge is -2.33. The van der Waals surface area contributed by atoms with Crippen LogP contribution in [0.15, 0.2) is 47.6 Å². The van der Waals surface area contributed by atoms with Gasteiger partial charge in [-0.25, -0.2) is 14.3 Å². The molecule has 0 saturated heterocycles. The molecule has 0 fully saturated rings. The second-order valence-electron chi connectivity index (χ2n) is 6.34. The second-order valence-corrected chi connectivity index (χ2v) is 7.52. The first-order valence-electron chi connectivity index (χ1n) is 8.88. The zero-order valence-corrected chi connectivity index (χ0v) is 17.2. The van der Waals surface area contributed by atoms with Gasteiger partial charge in [-0.3, -0.25) is 4.79 Å². The number of halogens is 2. The highest BCUT2D eigenvalue weighted by Gasteiger charge is 2.46. The molecule has 4 rings (SSSR count). The molecule has 148 valence electrons. The summed E-state index contributed by atoms with van der Waals surface area (Å²) in [5, 5.41) is 17.7. The van der Waals surface area contributed by atoms with E-state index in [4.69, 9.17) is 11.6 Å². The minimum absolute atomic E-state index is 0.0712. The van der Waals surface area contributed by atoms with Gasteiger partial charge in [0, 0.05) is 11.5 Å². The molecule has 1 unspecified atom stereocenters. The van der Waals surface area contributed by atoms with Gasteiger partial charge in [-0.05, 0) is 30.5 Å². The Morgan fingerprint density at radius 1 is 1.31 bits per heavy atom. The number of fused-ring (bicyclic) bond motifs is 3. The number of aromatic nitrogens is 3. The minimum Gasteiger partial charge on any atom is -0.854 e. The lowest BCUT2D eigenvalue weighted by atomic mass is 10.0. The number of rotatable bonds is 3. The summed E-state index contributed by atoms with van der Waals surface area (Å²) in [5.74, 6) is -1.35. The fourth-order valence-corrected chi connectivity index (χ4v) is 4.08. The van der Waals surface area contributed by atoms with Crippen LogP contribution < -0.4 is 14.7 Å². The van der Waals surface area contributed by atoms with Gasteiger partial charge < -0.3 is 5.11 Å². The molecule has 6 nitrogen and oxygen atoms in total. The van der Waals surface area contributed by atoms with Gasteiger partial charge in [0.15, 0.2) is 0 Å². The van der Waals surface area contributed by atoms with Gasteiger partial charge in [-0.2, -0.15) is 0 Å². The van der Waals surface area contributed by atoms with Crippen LogP contribution in [-0.2, 0) is 4.79 Å². The maximum absolute atomic E-state index is 15.0. The molecule has 2 heterocycles. The number of anilines is 1. The fraction of sp³-hybridized carbons (Fsp3) is 0.200. The van der Waals surface area contributed by atoms with Gasteiger partial charge in [0.25, 0.3) is 17.0 Å². The number of para-hydroxylation sites is 1. The third-order valence-corrected chi connectivity index (χ3v) is 5.60. The summed E-state index contributed by atoms with van der Waals surface area (Å²) < 4.78 is 16.3. The van der Waals surface area contributed by atoms with Crippen molar-refractivity contribution in [3.05, 3.63) is 58.9 Å². The molecule has 0 N–H and O–H groups in total. The number of hydrogen-bond donors (Lipinski definition) is 0. The Morgan fingerprint density at radius 2 is 2.07 bits per heavy atom. The first-order valence-corrected chi connectivity index (χ1v) is 10.5. The van der Waals surface area contributed by atoms with E-state index in [0.29, 0.717) is 11.3 Å². The predicted octanol–water partition coefficient (Wildman–Crippen LogP) is 3.32. The maximum atomic E-state index is 15.0. The number of benzene rings is 2. The molecular weight excluding hydrogens is 415 g/mol. The maximum Gasteiger partial charge on any atom is 0.297 e. The first kappa shape index (κ1) is 19.6. The zero-order chi connectivity index (χ0) is 20.7. The van der Waals surface area contributed by atoms with E-state index < -0.39 is 17.9 Å². The Balaban J connectivity index is 2.13. The molecule has 1 amide bonds. The largest absolute Gasteiger partial charge is 0.854 e. The lowest BCUT2D eigenvalue weighted by molar-refractivity contribution is -0.764. The van der Waals surface area contributed by atoms with E-state index in [2.05, 4.69) is 10.1 Å². The van der Waals surface area contributed by atoms with Crippen molar-refractivity contribution in [3.8, 4) is 17.1 Å². The Kier molecular flexibility index (Phi) is 5.14. The highest BCUT2D eigenvalue weighted by Crippen LogP contribution is 2.42. The average molecular weight is 431 g/mol. The molecule has 0 bridgehead atoms. The number of carbonyl (C=O) groups excluding carboxylic acids is 1. The van der Waals surface area contributed by atoms with Crippen molar-refractivity contribution < 1.29 is 19.0 Å². The van der Waals surface area contributed by atoms with Gasteiger partial charge in [0.2, 0.25) is 5.91 Å². The Hall–Kier alpha value is -2.71. The minimum atomic E-state index is -1.05. The van der Waals surface area contributed by atoms with Crippen molar-refractivity contribution in [2.24, 2.45) is 0 Å². The smallest absolute Gasteiger partial charge is 0.297 e. The van der Waals surface area contributed by atoms with Crippen LogP contribution in [0.1, 0.15) is 25.1 Å². The van der Waals surface area contributed by atoms with Gasteiger partial charge in [-0.1, -0.05) is 53.2 Å². The van der Waals surface area contributed by atoms with Crippen molar-refractivity contribution in [2.75, 3.05) is 11.2 Å². The third kappa shape index (κ3) is 3.12. The quantitative estimate of drug-likeness (QED) is 0.470. The zero-order valence-electron chi connectivity index (χ0n) is 15.6. The Bertz CT molecular complexity index is 1110. The van der Waals surface area contributed by atoms with Crippen molar-refractivity contribution in [1.29, 1.82) is 0 Å². The average Bonchev–Trinajstić information content (AvgIpc) is 2.72. The molecule has 9 heteroatoms. The summed E-state index contributed by atoms with van der Waals surface area (Å²) >= 11 is 7.55. The van der Waals surface area contributed by atoms with Crippen LogP contribution in [0.25, 0.3) is 11.3 Å². The van der Waals surface area contributed by atoms with Crippen LogP contribution in [0, 0.1) is 5.82 Å². The number of hydrogen-bond acceptors (Lipinski definition) is 5. The molecule has 0 aliphatic carbocycles. The van der Waals surface area contributed by atoms with E-state index in [1.54, 1.807) is 43.5 Å². The summed E-state index contributed by atoms with van der Waals surface area (Å²) in [6, 6.07) is 11.3. The summed E-state index contributed by atoms with van der Waals surface area (Å²) in [7, 11) is 0. The fourth-order valence-electron chi connectivity index (χ4n) is 3.48. The van der Waals surface area contributed by atoms with Gasteiger partial charge in [0.1, 0.15) is 5.82 Å². The van der Waals surface area contributed by atoms with Crippen molar-refractivity contribution in [2.45, 2.75) is 24.7 Å². The van der Waals surface area contributed by atoms with Crippen molar-refractivity contribution >= 4 is 35.0 Å². The molecule has 1 aromatic heterocycles. The van der Waals surface area contributed by atoms with E-state index in [9.17, 15) is 14.3 Å². The highest BCUT2D eigenvalue weighted by molar-refractivity contribution is 7.98. The molecule has 0 spiro atoms. The molecular formula is C20H16ClFN4O2S. The lowest BCUT2D eigenvalue weighted by Crippen LogP contribution is -2.59. The molecule has 29 heavy (non-hydrogen) atoms. The molecule has 1 aliphatic rings. The van der Waals surface area contributed by atoms with Crippen LogP contribution in [0.3, 0.4) is 0 Å². The van der Waals surface area contributed by atoms with Gasteiger partial charge in [0.05, 0.1) is 27.7 Å². The Labute approximate surface area is 176 Å². The number of nitrogens with zero attached hydrogens (tertiary/aromatic N) is 4. The van der Waals surface area contributed by atoms with Crippen LogP contribution in [-0.4, -0.2) is 22.2 Å². The normalized spacial score (nSPS) is 15.0. The standard InChI is InChI=1S/C20H16ClFN4O2S/c1-3-15(27)25-14-10-5-4-7-11(14)17-18(28)23-20(29-2)24-26(17)19(25)16-12(21)8-6-9-13(16)22/h4-10,19H,3H2,1-2H3. The van der Waals surface area contributed by atoms with Gasteiger partial charge >= 0.3 is 0 Å². The van der Waals surface area contributed by atoms with Crippen molar-refractivity contribution in [3.63, 3.8) is 0 Å². The topological polar surface area (TPSA) is 73.0 Å². The predicted molar refractivity (Wildman–Crippen MR) is 106 cm³/mol. The molecule has 0 radical (unpaired) electrons. The van der Waals surface area contributed by atoms with Crippen LogP contribution in [0.2, 0.25) is 5.02 Å². The molecule has 3 aromatic rings. The molecule has 1 atom stereocenters. The monoisotopic (exact) mass is 430 g/mol. The summed E-state index contributed by atoms with van der Waals surface area (Å²) in [4.78, 5) is 18.5. The van der Waals surface area contributed by atoms with Gasteiger partial charge in [-0.15, -0.1) is 0 Å². The SMILES string of the molecule is CCC(=O)N1c2ccccc2-c2c([O-])nc(SC)n[n+]2C1c1c(F)cccc1Cl. The number of thioether (sulfide) groups is 1. The second kappa shape index (κ2) is 7.61. The summed E-state index contributed by atoms with van der Waals surface area (Å²) in [6.07, 6.45) is 0.860. The van der Waals surface area contributed by atoms with E-state index in [1.165, 1.54) is 33.5 Å². The van der Waals surface area contributed by atoms with Crippen LogP contribution in [0.4, 0.5) is 10.1 Å². The summed E-state index contributed by atoms with van der Waals surface area (Å²) in [5.41, 5.74) is 1.25. The Morgan fingerprint density at radius 3 is 2.76 bits per heavy atom. The van der Waals surface area contributed by atoms with Crippen LogP contribution >= 0.6 is 23.4 Å². The highest BCUT2D eigenvalue weighted by atomic mass is 35.5. The summed E-state index contributed by atoms with van der Waals surface area (Å²) in [6.45, 7) is 1.72. The number of amides is 1. The third-order valence-electron chi connectivity index (χ3n) is 4.73. The molecule has 1 aliphatic heterocycles.